The number of sulfonamides is 1. The van der Waals surface area contributed by atoms with Crippen molar-refractivity contribution >= 4 is 21.6 Å². The van der Waals surface area contributed by atoms with Crippen LogP contribution in [-0.2, 0) is 10.0 Å². The van der Waals surface area contributed by atoms with E-state index >= 15 is 0 Å². The Morgan fingerprint density at radius 1 is 1.43 bits per heavy atom. The normalized spacial score (nSPS) is 26.6. The van der Waals surface area contributed by atoms with Gasteiger partial charge in [0.2, 0.25) is 10.0 Å². The van der Waals surface area contributed by atoms with E-state index in [-0.39, 0.29) is 11.7 Å². The van der Waals surface area contributed by atoms with Crippen molar-refractivity contribution in [2.45, 2.75) is 19.8 Å². The van der Waals surface area contributed by atoms with Crippen molar-refractivity contribution in [2.24, 2.45) is 11.8 Å². The van der Waals surface area contributed by atoms with Crippen molar-refractivity contribution in [1.29, 1.82) is 0 Å². The van der Waals surface area contributed by atoms with E-state index in [1.807, 2.05) is 0 Å². The van der Waals surface area contributed by atoms with E-state index in [4.69, 9.17) is 0 Å². The Morgan fingerprint density at radius 3 is 2.81 bits per heavy atom. The monoisotopic (exact) mass is 308 g/mol. The second kappa shape index (κ2) is 5.33. The van der Waals surface area contributed by atoms with E-state index in [1.165, 1.54) is 10.7 Å². The van der Waals surface area contributed by atoms with Gasteiger partial charge in [0.1, 0.15) is 0 Å². The summed E-state index contributed by atoms with van der Waals surface area (Å²) in [6.07, 6.45) is 1.81. The summed E-state index contributed by atoms with van der Waals surface area (Å²) in [5, 5.41) is 2.92. The number of nitrogens with one attached hydrogen (secondary N) is 1. The largest absolute Gasteiger partial charge is 0.352 e. The zero-order valence-corrected chi connectivity index (χ0v) is 12.9. The van der Waals surface area contributed by atoms with Gasteiger partial charge in [-0.15, -0.1) is 0 Å². The lowest BCUT2D eigenvalue weighted by Crippen LogP contribution is -2.27. The van der Waals surface area contributed by atoms with Crippen LogP contribution in [0.5, 0.6) is 0 Å². The second-order valence-corrected chi connectivity index (χ2v) is 7.99. The minimum atomic E-state index is -3.20. The molecule has 1 heterocycles. The van der Waals surface area contributed by atoms with E-state index in [2.05, 4.69) is 12.2 Å². The fraction of sp³-hybridized carbons (Fsp3) is 0.533. The first-order valence-corrected chi connectivity index (χ1v) is 8.97. The van der Waals surface area contributed by atoms with Gasteiger partial charge in [0.15, 0.2) is 0 Å². The molecule has 2 fully saturated rings. The molecule has 114 valence electrons. The van der Waals surface area contributed by atoms with Crippen LogP contribution >= 0.6 is 0 Å². The molecule has 1 aliphatic carbocycles. The van der Waals surface area contributed by atoms with Gasteiger partial charge in [0.25, 0.3) is 5.91 Å². The van der Waals surface area contributed by atoms with Crippen molar-refractivity contribution in [3.63, 3.8) is 0 Å². The van der Waals surface area contributed by atoms with Gasteiger partial charge in [-0.2, -0.15) is 0 Å². The molecule has 5 nitrogen and oxygen atoms in total. The molecule has 1 saturated heterocycles. The Balaban J connectivity index is 1.72. The maximum atomic E-state index is 12.1. The van der Waals surface area contributed by atoms with Gasteiger partial charge < -0.3 is 5.32 Å². The Kier molecular flexibility index (Phi) is 3.65. The third-order valence-corrected chi connectivity index (χ3v) is 6.17. The van der Waals surface area contributed by atoms with Gasteiger partial charge in [-0.25, -0.2) is 8.42 Å². The summed E-state index contributed by atoms with van der Waals surface area (Å²) >= 11 is 0. The van der Waals surface area contributed by atoms with Crippen LogP contribution < -0.4 is 9.62 Å². The highest BCUT2D eigenvalue weighted by Crippen LogP contribution is 2.36. The molecular formula is C15H20N2O3S. The molecule has 1 aliphatic heterocycles. The lowest BCUT2D eigenvalue weighted by atomic mass is 10.2. The van der Waals surface area contributed by atoms with Crippen molar-refractivity contribution in [1.82, 2.24) is 5.32 Å². The Labute approximate surface area is 125 Å². The number of hydrogen-bond donors (Lipinski definition) is 1. The van der Waals surface area contributed by atoms with Crippen LogP contribution in [0.2, 0.25) is 0 Å². The van der Waals surface area contributed by atoms with Crippen LogP contribution in [0.1, 0.15) is 30.1 Å². The number of carbonyl (C=O) groups is 1. The highest BCUT2D eigenvalue weighted by molar-refractivity contribution is 7.93. The first kappa shape index (κ1) is 14.4. The van der Waals surface area contributed by atoms with Crippen molar-refractivity contribution in [2.75, 3.05) is 23.1 Å². The summed E-state index contributed by atoms with van der Waals surface area (Å²) in [4.78, 5) is 12.1. The van der Waals surface area contributed by atoms with Crippen molar-refractivity contribution in [3.05, 3.63) is 29.8 Å². The standard InChI is InChI=1S/C15H20N2O3S/c1-11-8-13(11)10-16-15(18)12-4-2-5-14(9-12)17-6-3-7-21(17,19)20/h2,4-5,9,11,13H,3,6-8,10H2,1H3,(H,16,18)/t11-,13-/m1/s1. The number of nitrogens with zero attached hydrogens (tertiary/aromatic N) is 1. The van der Waals surface area contributed by atoms with E-state index in [0.717, 1.165) is 0 Å². The molecule has 0 aromatic heterocycles. The molecule has 0 unspecified atom stereocenters. The van der Waals surface area contributed by atoms with Gasteiger partial charge >= 0.3 is 0 Å². The number of hydrogen-bond acceptors (Lipinski definition) is 3. The fourth-order valence-corrected chi connectivity index (χ4v) is 4.30. The van der Waals surface area contributed by atoms with Crippen LogP contribution in [0, 0.1) is 11.8 Å². The van der Waals surface area contributed by atoms with Crippen LogP contribution in [0.15, 0.2) is 24.3 Å². The van der Waals surface area contributed by atoms with Gasteiger partial charge in [-0.3, -0.25) is 9.10 Å². The Morgan fingerprint density at radius 2 is 2.19 bits per heavy atom. The molecular weight excluding hydrogens is 288 g/mol. The molecule has 3 rings (SSSR count). The average molecular weight is 308 g/mol. The number of carbonyl (C=O) groups excluding carboxylic acids is 1. The molecule has 1 aromatic carbocycles. The maximum absolute atomic E-state index is 12.1. The lowest BCUT2D eigenvalue weighted by molar-refractivity contribution is 0.0951. The number of rotatable bonds is 4. The smallest absolute Gasteiger partial charge is 0.251 e. The zero-order chi connectivity index (χ0) is 15.0. The third kappa shape index (κ3) is 3.05. The van der Waals surface area contributed by atoms with Crippen LogP contribution in [0.3, 0.4) is 0 Å². The molecule has 1 saturated carbocycles. The predicted octanol–water partition coefficient (Wildman–Crippen LogP) is 1.61. The first-order valence-electron chi connectivity index (χ1n) is 7.36. The van der Waals surface area contributed by atoms with Gasteiger partial charge in [0, 0.05) is 18.7 Å². The first-order chi connectivity index (χ1) is 9.97. The van der Waals surface area contributed by atoms with E-state index in [9.17, 15) is 13.2 Å². The molecule has 2 atom stereocenters. The molecule has 0 radical (unpaired) electrons. The highest BCUT2D eigenvalue weighted by Gasteiger charge is 2.32. The lowest BCUT2D eigenvalue weighted by Gasteiger charge is -2.17. The summed E-state index contributed by atoms with van der Waals surface area (Å²) in [7, 11) is -3.20. The van der Waals surface area contributed by atoms with E-state index in [1.54, 1.807) is 24.3 Å². The summed E-state index contributed by atoms with van der Waals surface area (Å²) in [5.74, 6) is 1.35. The molecule has 6 heteroatoms. The average Bonchev–Trinajstić information content (AvgIpc) is 3.04. The molecule has 2 aliphatic rings. The molecule has 1 N–H and O–H groups in total. The zero-order valence-electron chi connectivity index (χ0n) is 12.1. The minimum absolute atomic E-state index is 0.132. The molecule has 0 spiro atoms. The van der Waals surface area contributed by atoms with Gasteiger partial charge in [-0.1, -0.05) is 13.0 Å². The second-order valence-electron chi connectivity index (χ2n) is 5.98. The molecule has 1 aromatic rings. The van der Waals surface area contributed by atoms with Crippen LogP contribution in [0.4, 0.5) is 5.69 Å². The number of benzene rings is 1. The summed E-state index contributed by atoms with van der Waals surface area (Å²) < 4.78 is 25.3. The molecule has 0 bridgehead atoms. The SMILES string of the molecule is C[C@@H]1C[C@@H]1CNC(=O)c1cccc(N2CCCS2(=O)=O)c1. The molecule has 21 heavy (non-hydrogen) atoms. The number of anilines is 1. The topological polar surface area (TPSA) is 66.5 Å². The van der Waals surface area contributed by atoms with Crippen molar-refractivity contribution in [3.8, 4) is 0 Å². The Hall–Kier alpha value is -1.56. The molecule has 1 amide bonds. The highest BCUT2D eigenvalue weighted by atomic mass is 32.2. The minimum Gasteiger partial charge on any atom is -0.352 e. The van der Waals surface area contributed by atoms with E-state index < -0.39 is 10.0 Å². The summed E-state index contributed by atoms with van der Waals surface area (Å²) in [6.45, 7) is 3.37. The summed E-state index contributed by atoms with van der Waals surface area (Å²) in [6, 6.07) is 6.85. The van der Waals surface area contributed by atoms with Gasteiger partial charge in [0.05, 0.1) is 11.4 Å². The predicted molar refractivity (Wildman–Crippen MR) is 81.8 cm³/mol. The quantitative estimate of drug-likeness (QED) is 0.919. The maximum Gasteiger partial charge on any atom is 0.251 e. The third-order valence-electron chi connectivity index (χ3n) is 4.30. The van der Waals surface area contributed by atoms with Crippen LogP contribution in [-0.4, -0.2) is 33.2 Å². The Bertz CT molecular complexity index is 657. The van der Waals surface area contributed by atoms with Crippen molar-refractivity contribution < 1.29 is 13.2 Å². The van der Waals surface area contributed by atoms with Gasteiger partial charge in [-0.05, 0) is 42.9 Å². The fourth-order valence-electron chi connectivity index (χ4n) is 2.74. The number of amides is 1. The van der Waals surface area contributed by atoms with Crippen LogP contribution in [0.25, 0.3) is 0 Å². The van der Waals surface area contributed by atoms with E-state index in [0.29, 0.717) is 42.6 Å². The summed E-state index contributed by atoms with van der Waals surface area (Å²) in [5.41, 5.74) is 1.10.